The van der Waals surface area contributed by atoms with Gasteiger partial charge in [0.1, 0.15) is 11.6 Å². The lowest BCUT2D eigenvalue weighted by Crippen LogP contribution is -2.44. The minimum Gasteiger partial charge on any atom is -0.325 e. The second-order valence-corrected chi connectivity index (χ2v) is 6.92. The first kappa shape index (κ1) is 19.3. The van der Waals surface area contributed by atoms with E-state index in [1.165, 1.54) is 24.4 Å². The first-order chi connectivity index (χ1) is 13.0. The number of nitrogens with one attached hydrogen (secondary N) is 2. The first-order valence-electron chi connectivity index (χ1n) is 8.70. The van der Waals surface area contributed by atoms with Crippen LogP contribution in [0.15, 0.2) is 42.6 Å². The van der Waals surface area contributed by atoms with Crippen LogP contribution in [0, 0.1) is 11.7 Å². The molecule has 8 heteroatoms. The Kier molecular flexibility index (Phi) is 6.36. The number of carbonyl (C=O) groups is 2. The molecule has 0 spiro atoms. The summed E-state index contributed by atoms with van der Waals surface area (Å²) in [7, 11) is 0. The van der Waals surface area contributed by atoms with Crippen LogP contribution in [-0.4, -0.2) is 41.3 Å². The topological polar surface area (TPSA) is 74.3 Å². The molecular weight excluding hydrogens is 371 g/mol. The van der Waals surface area contributed by atoms with E-state index in [4.69, 9.17) is 11.6 Å². The second-order valence-electron chi connectivity index (χ2n) is 6.48. The predicted octanol–water partition coefficient (Wildman–Crippen LogP) is 3.16. The highest BCUT2D eigenvalue weighted by molar-refractivity contribution is 6.30. The molecule has 1 aromatic carbocycles. The molecule has 0 saturated carbocycles. The van der Waals surface area contributed by atoms with Gasteiger partial charge in [0.2, 0.25) is 11.8 Å². The fourth-order valence-electron chi connectivity index (χ4n) is 3.06. The normalized spacial score (nSPS) is 17.3. The van der Waals surface area contributed by atoms with E-state index in [9.17, 15) is 14.0 Å². The fourth-order valence-corrected chi connectivity index (χ4v) is 3.17. The maximum Gasteiger partial charge on any atom is 0.238 e. The number of hydrogen-bond donors (Lipinski definition) is 2. The van der Waals surface area contributed by atoms with Crippen LogP contribution in [0.5, 0.6) is 0 Å². The van der Waals surface area contributed by atoms with Gasteiger partial charge in [0.25, 0.3) is 0 Å². The zero-order valence-electron chi connectivity index (χ0n) is 14.6. The Morgan fingerprint density at radius 2 is 2.11 bits per heavy atom. The second kappa shape index (κ2) is 8.92. The molecule has 0 radical (unpaired) electrons. The van der Waals surface area contributed by atoms with Crippen molar-refractivity contribution in [1.82, 2.24) is 9.88 Å². The van der Waals surface area contributed by atoms with E-state index < -0.39 is 5.82 Å². The van der Waals surface area contributed by atoms with Crippen LogP contribution in [0.2, 0.25) is 5.02 Å². The van der Waals surface area contributed by atoms with Crippen molar-refractivity contribution < 1.29 is 14.0 Å². The molecule has 0 unspecified atom stereocenters. The lowest BCUT2D eigenvalue weighted by molar-refractivity contribution is -0.123. The van der Waals surface area contributed by atoms with Crippen LogP contribution in [-0.2, 0) is 9.59 Å². The van der Waals surface area contributed by atoms with Crippen molar-refractivity contribution in [3.63, 3.8) is 0 Å². The summed E-state index contributed by atoms with van der Waals surface area (Å²) in [6.45, 7) is 1.37. The Labute approximate surface area is 161 Å². The van der Waals surface area contributed by atoms with Gasteiger partial charge in [-0.2, -0.15) is 0 Å². The van der Waals surface area contributed by atoms with E-state index in [2.05, 4.69) is 15.6 Å². The average molecular weight is 391 g/mol. The third kappa shape index (κ3) is 5.74. The quantitative estimate of drug-likeness (QED) is 0.822. The van der Waals surface area contributed by atoms with Gasteiger partial charge in [-0.05, 0) is 49.7 Å². The van der Waals surface area contributed by atoms with Crippen molar-refractivity contribution in [3.05, 3.63) is 53.4 Å². The minimum atomic E-state index is -0.404. The van der Waals surface area contributed by atoms with E-state index in [1.54, 1.807) is 18.2 Å². The van der Waals surface area contributed by atoms with Crippen molar-refractivity contribution in [3.8, 4) is 0 Å². The number of likely N-dealkylation sites (tertiary alicyclic amines) is 1. The molecule has 6 nitrogen and oxygen atoms in total. The molecule has 2 heterocycles. The van der Waals surface area contributed by atoms with Crippen LogP contribution in [0.3, 0.4) is 0 Å². The number of rotatable bonds is 5. The van der Waals surface area contributed by atoms with Crippen LogP contribution in [0.1, 0.15) is 12.8 Å². The van der Waals surface area contributed by atoms with Crippen molar-refractivity contribution in [2.24, 2.45) is 5.92 Å². The molecular formula is C19H20ClFN4O2. The molecule has 142 valence electrons. The summed E-state index contributed by atoms with van der Waals surface area (Å²) in [6, 6.07) is 9.06. The third-order valence-electron chi connectivity index (χ3n) is 4.33. The highest BCUT2D eigenvalue weighted by Gasteiger charge is 2.27. The molecule has 27 heavy (non-hydrogen) atoms. The van der Waals surface area contributed by atoms with Crippen LogP contribution < -0.4 is 10.6 Å². The van der Waals surface area contributed by atoms with Gasteiger partial charge < -0.3 is 10.6 Å². The molecule has 1 saturated heterocycles. The number of halogens is 2. The Morgan fingerprint density at radius 3 is 2.85 bits per heavy atom. The molecule has 2 amide bonds. The van der Waals surface area contributed by atoms with Gasteiger partial charge in [-0.1, -0.05) is 17.7 Å². The molecule has 1 fully saturated rings. The van der Waals surface area contributed by atoms with Gasteiger partial charge in [0.05, 0.1) is 17.5 Å². The number of hydrogen-bond acceptors (Lipinski definition) is 4. The van der Waals surface area contributed by atoms with E-state index >= 15 is 0 Å². The van der Waals surface area contributed by atoms with Crippen molar-refractivity contribution in [2.45, 2.75) is 12.8 Å². The van der Waals surface area contributed by atoms with Crippen LogP contribution >= 0.6 is 11.6 Å². The maximum absolute atomic E-state index is 13.2. The van der Waals surface area contributed by atoms with Gasteiger partial charge in [-0.3, -0.25) is 14.5 Å². The number of benzene rings is 1. The number of nitrogens with zero attached hydrogens (tertiary/aromatic N) is 2. The van der Waals surface area contributed by atoms with Gasteiger partial charge >= 0.3 is 0 Å². The SMILES string of the molecule is O=C(CN1CCC[C@@H](C(=O)Nc2ccc(Cl)cn2)C1)Nc1cccc(F)c1. The molecule has 3 rings (SSSR count). The van der Waals surface area contributed by atoms with Gasteiger partial charge in [-0.25, -0.2) is 9.37 Å². The number of carbonyl (C=O) groups excluding carboxylic acids is 2. The van der Waals surface area contributed by atoms with E-state index in [-0.39, 0.29) is 24.3 Å². The molecule has 1 aromatic heterocycles. The standard InChI is InChI=1S/C19H20ClFN4O2/c20-14-6-7-17(22-10-14)24-19(27)13-3-2-8-25(11-13)12-18(26)23-16-5-1-4-15(21)9-16/h1,4-7,9-10,13H,2-3,8,11-12H2,(H,23,26)(H,22,24,27)/t13-/m1/s1. The molecule has 0 bridgehead atoms. The van der Waals surface area contributed by atoms with Crippen LogP contribution in [0.25, 0.3) is 0 Å². The number of anilines is 2. The zero-order valence-corrected chi connectivity index (χ0v) is 15.4. The average Bonchev–Trinajstić information content (AvgIpc) is 2.63. The van der Waals surface area contributed by atoms with E-state index in [0.29, 0.717) is 23.1 Å². The number of pyridine rings is 1. The minimum absolute atomic E-state index is 0.125. The maximum atomic E-state index is 13.2. The molecule has 1 aliphatic heterocycles. The van der Waals surface area contributed by atoms with Gasteiger partial charge in [-0.15, -0.1) is 0 Å². The third-order valence-corrected chi connectivity index (χ3v) is 4.55. The summed E-state index contributed by atoms with van der Waals surface area (Å²) >= 11 is 5.79. The van der Waals surface area contributed by atoms with Crippen molar-refractivity contribution in [1.29, 1.82) is 0 Å². The smallest absolute Gasteiger partial charge is 0.238 e. The molecule has 0 aliphatic carbocycles. The van der Waals surface area contributed by atoms with E-state index in [0.717, 1.165) is 19.4 Å². The summed E-state index contributed by atoms with van der Waals surface area (Å²) < 4.78 is 13.2. The highest BCUT2D eigenvalue weighted by Crippen LogP contribution is 2.19. The Balaban J connectivity index is 1.51. The molecule has 1 atom stereocenters. The first-order valence-corrected chi connectivity index (χ1v) is 9.07. The Morgan fingerprint density at radius 1 is 1.26 bits per heavy atom. The lowest BCUT2D eigenvalue weighted by atomic mass is 9.97. The summed E-state index contributed by atoms with van der Waals surface area (Å²) in [6.07, 6.45) is 3.04. The Bertz CT molecular complexity index is 816. The largest absolute Gasteiger partial charge is 0.325 e. The van der Waals surface area contributed by atoms with Crippen molar-refractivity contribution >= 4 is 34.9 Å². The summed E-state index contributed by atoms with van der Waals surface area (Å²) in [5, 5.41) is 5.96. The fraction of sp³-hybridized carbons (Fsp3) is 0.316. The summed E-state index contributed by atoms with van der Waals surface area (Å²) in [5.41, 5.74) is 0.417. The number of aromatic nitrogens is 1. The lowest BCUT2D eigenvalue weighted by Gasteiger charge is -2.31. The van der Waals surface area contributed by atoms with Gasteiger partial charge in [0.15, 0.2) is 0 Å². The zero-order chi connectivity index (χ0) is 19.2. The highest BCUT2D eigenvalue weighted by atomic mass is 35.5. The molecule has 2 aromatic rings. The Hall–Kier alpha value is -2.51. The molecule has 2 N–H and O–H groups in total. The van der Waals surface area contributed by atoms with Crippen LogP contribution in [0.4, 0.5) is 15.9 Å². The van der Waals surface area contributed by atoms with Gasteiger partial charge in [0, 0.05) is 18.4 Å². The summed E-state index contributed by atoms with van der Waals surface area (Å²) in [4.78, 5) is 30.6. The number of piperidine rings is 1. The van der Waals surface area contributed by atoms with Crippen molar-refractivity contribution in [2.75, 3.05) is 30.3 Å². The van der Waals surface area contributed by atoms with E-state index in [1.807, 2.05) is 4.90 Å². The monoisotopic (exact) mass is 390 g/mol. The summed E-state index contributed by atoms with van der Waals surface area (Å²) in [5.74, 6) is -0.539. The predicted molar refractivity (Wildman–Crippen MR) is 102 cm³/mol. The number of amides is 2. The molecule has 1 aliphatic rings.